The molecular formula is C22H34N8O4. The van der Waals surface area contributed by atoms with Crippen LogP contribution in [-0.2, 0) is 23.1 Å². The highest BCUT2D eigenvalue weighted by Gasteiger charge is 2.31. The Balaban J connectivity index is 1.49. The molecule has 3 aliphatic heterocycles. The van der Waals surface area contributed by atoms with Crippen LogP contribution < -0.4 is 16.3 Å². The second-order valence-corrected chi connectivity index (χ2v) is 9.20. The molecule has 34 heavy (non-hydrogen) atoms. The molecule has 0 amide bonds. The van der Waals surface area contributed by atoms with Crippen LogP contribution in [0.25, 0.3) is 11.2 Å². The van der Waals surface area contributed by atoms with Crippen molar-refractivity contribution in [3.63, 3.8) is 0 Å². The number of ether oxygens (including phenoxy) is 2. The summed E-state index contributed by atoms with van der Waals surface area (Å²) in [5.74, 6) is 0.611. The molecule has 0 radical (unpaired) electrons. The maximum atomic E-state index is 13.6. The van der Waals surface area contributed by atoms with E-state index in [2.05, 4.69) is 9.80 Å². The summed E-state index contributed by atoms with van der Waals surface area (Å²) in [6, 6.07) is -0.127. The molecule has 3 aliphatic rings. The first-order valence-corrected chi connectivity index (χ1v) is 12.1. The van der Waals surface area contributed by atoms with E-state index in [0.717, 1.165) is 51.6 Å². The van der Waals surface area contributed by atoms with Crippen molar-refractivity contribution < 1.29 is 9.47 Å². The maximum Gasteiger partial charge on any atom is 0.332 e. The Morgan fingerprint density at radius 2 is 1.50 bits per heavy atom. The van der Waals surface area contributed by atoms with Crippen molar-refractivity contribution in [1.82, 2.24) is 28.5 Å². The number of morpholine rings is 2. The lowest BCUT2D eigenvalue weighted by atomic mass is 10.2. The normalized spacial score (nSPS) is 22.3. The van der Waals surface area contributed by atoms with Gasteiger partial charge in [0.25, 0.3) is 5.56 Å². The molecule has 2 saturated heterocycles. The highest BCUT2D eigenvalue weighted by Crippen LogP contribution is 2.29. The van der Waals surface area contributed by atoms with Gasteiger partial charge < -0.3 is 9.47 Å². The molecule has 0 saturated carbocycles. The number of rotatable bonds is 6. The fourth-order valence-electron chi connectivity index (χ4n) is 4.86. The van der Waals surface area contributed by atoms with Gasteiger partial charge in [-0.15, -0.1) is 0 Å². The first kappa shape index (κ1) is 23.2. The average Bonchev–Trinajstić information content (AvgIpc) is 3.27. The minimum atomic E-state index is -0.341. The third-order valence-electron chi connectivity index (χ3n) is 7.13. The molecule has 0 aliphatic carbocycles. The summed E-state index contributed by atoms with van der Waals surface area (Å²) in [5, 5.41) is 6.65. The molecule has 0 unspecified atom stereocenters. The van der Waals surface area contributed by atoms with Gasteiger partial charge in [-0.25, -0.2) is 9.80 Å². The molecule has 0 bridgehead atoms. The maximum absolute atomic E-state index is 13.6. The molecule has 0 N–H and O–H groups in total. The minimum Gasteiger partial charge on any atom is -0.379 e. The number of anilines is 1. The van der Waals surface area contributed by atoms with Crippen LogP contribution in [0.3, 0.4) is 0 Å². The number of fused-ring (bicyclic) bond motifs is 3. The van der Waals surface area contributed by atoms with Crippen LogP contribution in [0.2, 0.25) is 0 Å². The zero-order valence-corrected chi connectivity index (χ0v) is 20.3. The summed E-state index contributed by atoms with van der Waals surface area (Å²) in [4.78, 5) is 36.1. The number of nitrogens with zero attached hydrogens (tertiary/aromatic N) is 8. The number of hydrogen-bond donors (Lipinski definition) is 0. The summed E-state index contributed by atoms with van der Waals surface area (Å²) in [7, 11) is 1.69. The van der Waals surface area contributed by atoms with Crippen molar-refractivity contribution in [3.05, 3.63) is 20.8 Å². The number of aromatic nitrogens is 4. The van der Waals surface area contributed by atoms with E-state index in [1.807, 2.05) is 23.4 Å². The fourth-order valence-corrected chi connectivity index (χ4v) is 4.86. The lowest BCUT2D eigenvalue weighted by molar-refractivity contribution is 0.0361. The Bertz CT molecular complexity index is 1190. The Kier molecular flexibility index (Phi) is 6.56. The number of hydrogen-bond acceptors (Lipinski definition) is 9. The van der Waals surface area contributed by atoms with E-state index >= 15 is 0 Å². The minimum absolute atomic E-state index is 0.127. The van der Waals surface area contributed by atoms with Gasteiger partial charge in [0.05, 0.1) is 44.7 Å². The first-order chi connectivity index (χ1) is 16.5. The van der Waals surface area contributed by atoms with E-state index in [9.17, 15) is 9.59 Å². The van der Waals surface area contributed by atoms with Crippen LogP contribution >= 0.6 is 0 Å². The molecular weight excluding hydrogens is 440 g/mol. The lowest BCUT2D eigenvalue weighted by Crippen LogP contribution is -2.45. The van der Waals surface area contributed by atoms with Crippen molar-refractivity contribution in [2.75, 3.05) is 77.2 Å². The van der Waals surface area contributed by atoms with E-state index in [1.165, 1.54) is 9.13 Å². The summed E-state index contributed by atoms with van der Waals surface area (Å²) in [5.41, 5.74) is 1.13. The van der Waals surface area contributed by atoms with Crippen LogP contribution in [-0.4, -0.2) is 106 Å². The van der Waals surface area contributed by atoms with Gasteiger partial charge in [-0.1, -0.05) is 0 Å². The molecule has 12 heteroatoms. The summed E-state index contributed by atoms with van der Waals surface area (Å²) >= 11 is 0. The third kappa shape index (κ3) is 4.19. The van der Waals surface area contributed by atoms with Crippen molar-refractivity contribution in [1.29, 1.82) is 0 Å². The van der Waals surface area contributed by atoms with Gasteiger partial charge in [0, 0.05) is 52.9 Å². The molecule has 186 valence electrons. The quantitative estimate of drug-likeness (QED) is 0.543. The zero-order chi connectivity index (χ0) is 23.8. The van der Waals surface area contributed by atoms with Crippen LogP contribution in [0.15, 0.2) is 14.7 Å². The molecule has 5 rings (SSSR count). The van der Waals surface area contributed by atoms with E-state index < -0.39 is 0 Å². The van der Waals surface area contributed by atoms with Gasteiger partial charge in [-0.2, -0.15) is 10.1 Å². The summed E-state index contributed by atoms with van der Waals surface area (Å²) in [6.45, 7) is 12.7. The third-order valence-corrected chi connectivity index (χ3v) is 7.13. The van der Waals surface area contributed by atoms with Crippen LogP contribution in [0.4, 0.5) is 5.95 Å². The lowest BCUT2D eigenvalue weighted by Gasteiger charge is -2.32. The fraction of sp³-hybridized carbons (Fsp3) is 0.727. The van der Waals surface area contributed by atoms with E-state index in [0.29, 0.717) is 50.0 Å². The standard InChI is InChI=1S/C22H34N8O4/c1-16-17(2)30-18-19(23-21(30)29(24-16)7-5-27-10-14-34-15-11-27)25(3)22(32)28(20(18)31)6-4-26-8-12-33-13-9-26/h17H,4-15H2,1-3H3/t17-/m0/s1. The molecule has 2 fully saturated rings. The van der Waals surface area contributed by atoms with E-state index in [4.69, 9.17) is 19.6 Å². The second kappa shape index (κ2) is 9.61. The molecule has 12 nitrogen and oxygen atoms in total. The number of aryl methyl sites for hydroxylation is 1. The smallest absolute Gasteiger partial charge is 0.332 e. The van der Waals surface area contributed by atoms with Crippen LogP contribution in [0.5, 0.6) is 0 Å². The van der Waals surface area contributed by atoms with Gasteiger partial charge in [-0.3, -0.25) is 28.3 Å². The molecule has 0 aromatic carbocycles. The van der Waals surface area contributed by atoms with Gasteiger partial charge >= 0.3 is 5.69 Å². The van der Waals surface area contributed by atoms with Crippen LogP contribution in [0.1, 0.15) is 19.9 Å². The molecule has 0 spiro atoms. The van der Waals surface area contributed by atoms with Gasteiger partial charge in [0.2, 0.25) is 5.95 Å². The summed E-state index contributed by atoms with van der Waals surface area (Å²) in [6.07, 6.45) is 0. The molecule has 1 atom stereocenters. The van der Waals surface area contributed by atoms with Gasteiger partial charge in [0.1, 0.15) is 0 Å². The predicted molar refractivity (Wildman–Crippen MR) is 129 cm³/mol. The molecule has 5 heterocycles. The van der Waals surface area contributed by atoms with Crippen molar-refractivity contribution in [2.24, 2.45) is 12.1 Å². The monoisotopic (exact) mass is 474 g/mol. The Labute approximate surface area is 197 Å². The SMILES string of the molecule is CC1=NN(CCN2CCOCC2)c2nc3c(c(=O)n(CCN4CCOCC4)c(=O)n3C)n2[C@H]1C. The Hall–Kier alpha value is -2.54. The van der Waals surface area contributed by atoms with Crippen molar-refractivity contribution in [2.45, 2.75) is 26.4 Å². The Morgan fingerprint density at radius 3 is 2.12 bits per heavy atom. The van der Waals surface area contributed by atoms with Crippen molar-refractivity contribution in [3.8, 4) is 0 Å². The predicted octanol–water partition coefficient (Wildman–Crippen LogP) is -0.682. The van der Waals surface area contributed by atoms with E-state index in [1.54, 1.807) is 7.05 Å². The second-order valence-electron chi connectivity index (χ2n) is 9.20. The largest absolute Gasteiger partial charge is 0.379 e. The first-order valence-electron chi connectivity index (χ1n) is 12.1. The highest BCUT2D eigenvalue weighted by molar-refractivity contribution is 5.91. The number of imidazole rings is 1. The van der Waals surface area contributed by atoms with E-state index in [-0.39, 0.29) is 17.3 Å². The molecule has 2 aromatic heterocycles. The Morgan fingerprint density at radius 1 is 0.912 bits per heavy atom. The van der Waals surface area contributed by atoms with Crippen LogP contribution in [0, 0.1) is 0 Å². The molecule has 2 aromatic rings. The number of hydrazone groups is 1. The van der Waals surface area contributed by atoms with Gasteiger partial charge in [0.15, 0.2) is 11.2 Å². The zero-order valence-electron chi connectivity index (χ0n) is 20.3. The highest BCUT2D eigenvalue weighted by atomic mass is 16.5. The summed E-state index contributed by atoms with van der Waals surface area (Å²) < 4.78 is 15.6. The van der Waals surface area contributed by atoms with Gasteiger partial charge in [-0.05, 0) is 13.8 Å². The average molecular weight is 475 g/mol. The topological polar surface area (TPSA) is 102 Å². The van der Waals surface area contributed by atoms with Crippen molar-refractivity contribution >= 4 is 22.8 Å².